The van der Waals surface area contributed by atoms with E-state index in [1.54, 1.807) is 13.1 Å². The number of hydrogen-bond acceptors (Lipinski definition) is 6. The number of halogens is 2. The molecule has 2 aromatic rings. The van der Waals surface area contributed by atoms with Crippen molar-refractivity contribution < 1.29 is 21.9 Å². The van der Waals surface area contributed by atoms with Crippen LogP contribution in [0, 0.1) is 11.6 Å². The number of ether oxygens (including phenoxy) is 1. The van der Waals surface area contributed by atoms with E-state index in [2.05, 4.69) is 10.00 Å². The fraction of sp³-hybridized carbons (Fsp3) is 0.500. The monoisotopic (exact) mass is 412 g/mol. The minimum Gasteiger partial charge on any atom is -0.370 e. The largest absolute Gasteiger partial charge is 0.370 e. The first-order chi connectivity index (χ1) is 13.3. The van der Waals surface area contributed by atoms with Crippen molar-refractivity contribution in [3.63, 3.8) is 0 Å². The molecule has 0 spiro atoms. The van der Waals surface area contributed by atoms with E-state index in [0.717, 1.165) is 27.8 Å². The van der Waals surface area contributed by atoms with E-state index in [4.69, 9.17) is 10.5 Å². The quantitative estimate of drug-likeness (QED) is 0.819. The highest BCUT2D eigenvalue weighted by Gasteiger charge is 2.38. The average Bonchev–Trinajstić information content (AvgIpc) is 3.24. The van der Waals surface area contributed by atoms with Crippen LogP contribution in [0.1, 0.15) is 36.3 Å². The Balaban J connectivity index is 1.48. The maximum Gasteiger partial charge on any atom is 0.253 e. The van der Waals surface area contributed by atoms with Gasteiger partial charge in [-0.1, -0.05) is 0 Å². The number of fused-ring (bicyclic) bond motifs is 1. The lowest BCUT2D eigenvalue weighted by atomic mass is 9.93. The van der Waals surface area contributed by atoms with E-state index < -0.39 is 33.8 Å². The molecule has 0 radical (unpaired) electrons. The molecule has 0 aliphatic carbocycles. The second kappa shape index (κ2) is 7.18. The Kier molecular flexibility index (Phi) is 4.98. The molecular weight excluding hydrogens is 390 g/mol. The summed E-state index contributed by atoms with van der Waals surface area (Å²) in [7, 11) is -3.45. The summed E-state index contributed by atoms with van der Waals surface area (Å²) in [4.78, 5) is 2.09. The van der Waals surface area contributed by atoms with E-state index in [0.29, 0.717) is 31.8 Å². The second-order valence-corrected chi connectivity index (χ2v) is 9.33. The van der Waals surface area contributed by atoms with Crippen molar-refractivity contribution >= 4 is 10.0 Å². The van der Waals surface area contributed by atoms with Crippen LogP contribution >= 0.6 is 0 Å². The van der Waals surface area contributed by atoms with Crippen LogP contribution in [0.4, 0.5) is 8.78 Å². The highest BCUT2D eigenvalue weighted by Crippen LogP contribution is 2.34. The van der Waals surface area contributed by atoms with Crippen LogP contribution in [0.25, 0.3) is 0 Å². The molecular formula is C18H22F2N4O3S. The van der Waals surface area contributed by atoms with E-state index in [1.807, 2.05) is 0 Å². The maximum atomic E-state index is 14.1. The molecule has 0 unspecified atom stereocenters. The zero-order valence-electron chi connectivity index (χ0n) is 15.4. The third kappa shape index (κ3) is 3.34. The van der Waals surface area contributed by atoms with Gasteiger partial charge >= 0.3 is 0 Å². The molecule has 28 heavy (non-hydrogen) atoms. The number of hydrogen-bond donors (Lipinski definition) is 1. The standard InChI is InChI=1S/C18H22F2N4O3S/c1-2-28(25,26)24-17-9-23(8-11(17)7-22-24)13-6-16(21)18(27-10-13)14-5-12(19)3-4-15(14)20/h3-5,7,13,16,18H,2,6,8-10,21H2,1H3/t13-,16+,18-/m1/s1. The van der Waals surface area contributed by atoms with Crippen molar-refractivity contribution in [1.29, 1.82) is 0 Å². The van der Waals surface area contributed by atoms with Crippen molar-refractivity contribution in [2.24, 2.45) is 5.73 Å². The molecule has 2 aliphatic rings. The molecule has 3 heterocycles. The van der Waals surface area contributed by atoms with Gasteiger partial charge < -0.3 is 10.5 Å². The number of benzene rings is 1. The molecule has 1 saturated heterocycles. The highest BCUT2D eigenvalue weighted by atomic mass is 32.2. The lowest BCUT2D eigenvalue weighted by molar-refractivity contribution is -0.0533. The SMILES string of the molecule is CCS(=O)(=O)n1ncc2c1CN([C@H]1CO[C@H](c3cc(F)ccc3F)[C@@H](N)C1)C2. The summed E-state index contributed by atoms with van der Waals surface area (Å²) in [5.41, 5.74) is 7.89. The molecule has 152 valence electrons. The zero-order valence-corrected chi connectivity index (χ0v) is 16.2. The molecule has 1 aromatic heterocycles. The number of rotatable bonds is 4. The first-order valence-corrected chi connectivity index (χ1v) is 10.8. The van der Waals surface area contributed by atoms with Crippen molar-refractivity contribution in [3.8, 4) is 0 Å². The molecule has 7 nitrogen and oxygen atoms in total. The Labute approximate surface area is 162 Å². The molecule has 2 aliphatic heterocycles. The first-order valence-electron chi connectivity index (χ1n) is 9.15. The van der Waals surface area contributed by atoms with Crippen molar-refractivity contribution in [3.05, 3.63) is 52.9 Å². The lowest BCUT2D eigenvalue weighted by Gasteiger charge is -2.38. The summed E-state index contributed by atoms with van der Waals surface area (Å²) in [6, 6.07) is 2.70. The zero-order chi connectivity index (χ0) is 20.1. The van der Waals surface area contributed by atoms with Gasteiger partial charge in [-0.05, 0) is 31.5 Å². The third-order valence-electron chi connectivity index (χ3n) is 5.46. The van der Waals surface area contributed by atoms with Crippen molar-refractivity contribution in [2.75, 3.05) is 12.4 Å². The Hall–Kier alpha value is -1.88. The maximum absolute atomic E-state index is 14.1. The summed E-state index contributed by atoms with van der Waals surface area (Å²) >= 11 is 0. The fourth-order valence-corrected chi connectivity index (χ4v) is 4.87. The van der Waals surface area contributed by atoms with Crippen LogP contribution in [0.15, 0.2) is 24.4 Å². The molecule has 1 aromatic carbocycles. The first kappa shape index (κ1) is 19.4. The van der Waals surface area contributed by atoms with E-state index in [-0.39, 0.29) is 17.4 Å². The topological polar surface area (TPSA) is 90.5 Å². The molecule has 2 N–H and O–H groups in total. The van der Waals surface area contributed by atoms with E-state index in [9.17, 15) is 17.2 Å². The Morgan fingerprint density at radius 3 is 2.82 bits per heavy atom. The smallest absolute Gasteiger partial charge is 0.253 e. The summed E-state index contributed by atoms with van der Waals surface area (Å²) < 4.78 is 58.9. The summed E-state index contributed by atoms with van der Waals surface area (Å²) in [5.74, 6) is -1.11. The van der Waals surface area contributed by atoms with Gasteiger partial charge in [0.25, 0.3) is 10.0 Å². The normalized spacial score (nSPS) is 25.8. The number of nitrogens with zero attached hydrogens (tertiary/aromatic N) is 3. The Morgan fingerprint density at radius 1 is 1.32 bits per heavy atom. The van der Waals surface area contributed by atoms with Crippen LogP contribution in [0.3, 0.4) is 0 Å². The van der Waals surface area contributed by atoms with Gasteiger partial charge in [-0.15, -0.1) is 0 Å². The van der Waals surface area contributed by atoms with Gasteiger partial charge in [0.05, 0.1) is 24.3 Å². The molecule has 3 atom stereocenters. The summed E-state index contributed by atoms with van der Waals surface area (Å²) in [5, 5.41) is 4.01. The van der Waals surface area contributed by atoms with Crippen LogP contribution in [0.5, 0.6) is 0 Å². The van der Waals surface area contributed by atoms with Crippen molar-refractivity contribution in [1.82, 2.24) is 14.1 Å². The van der Waals surface area contributed by atoms with Gasteiger partial charge in [-0.2, -0.15) is 9.19 Å². The second-order valence-electron chi connectivity index (χ2n) is 7.24. The predicted octanol–water partition coefficient (Wildman–Crippen LogP) is 1.53. The van der Waals surface area contributed by atoms with Gasteiger partial charge in [-0.25, -0.2) is 17.2 Å². The van der Waals surface area contributed by atoms with Crippen molar-refractivity contribution in [2.45, 2.75) is 44.6 Å². The van der Waals surface area contributed by atoms with Gasteiger partial charge in [-0.3, -0.25) is 4.90 Å². The van der Waals surface area contributed by atoms with Gasteiger partial charge in [0.2, 0.25) is 0 Å². The van der Waals surface area contributed by atoms with Crippen LogP contribution in [-0.2, 0) is 27.8 Å². The Bertz CT molecular complexity index is 995. The number of nitrogens with two attached hydrogens (primary N) is 1. The lowest BCUT2D eigenvalue weighted by Crippen LogP contribution is -2.48. The van der Waals surface area contributed by atoms with Crippen LogP contribution in [-0.4, -0.2) is 46.9 Å². The van der Waals surface area contributed by atoms with Crippen LogP contribution < -0.4 is 5.73 Å². The minimum absolute atomic E-state index is 0.0284. The fourth-order valence-electron chi connectivity index (χ4n) is 3.92. The summed E-state index contributed by atoms with van der Waals surface area (Å²) in [6.07, 6.45) is 1.39. The van der Waals surface area contributed by atoms with Crippen LogP contribution in [0.2, 0.25) is 0 Å². The van der Waals surface area contributed by atoms with E-state index >= 15 is 0 Å². The number of aromatic nitrogens is 2. The summed E-state index contributed by atoms with van der Waals surface area (Å²) in [6.45, 7) is 2.85. The highest BCUT2D eigenvalue weighted by molar-refractivity contribution is 7.89. The Morgan fingerprint density at radius 2 is 2.11 bits per heavy atom. The molecule has 4 rings (SSSR count). The van der Waals surface area contributed by atoms with E-state index in [1.165, 1.54) is 0 Å². The molecule has 1 fully saturated rings. The minimum atomic E-state index is -3.45. The third-order valence-corrected chi connectivity index (χ3v) is 7.03. The molecule has 0 bridgehead atoms. The molecule has 10 heteroatoms. The predicted molar refractivity (Wildman–Crippen MR) is 97.8 cm³/mol. The van der Waals surface area contributed by atoms with Gasteiger partial charge in [0.1, 0.15) is 17.7 Å². The van der Waals surface area contributed by atoms with Gasteiger partial charge in [0.15, 0.2) is 0 Å². The average molecular weight is 412 g/mol. The van der Waals surface area contributed by atoms with Gasteiger partial charge in [0, 0.05) is 36.3 Å². The molecule has 0 saturated carbocycles. The molecule has 0 amide bonds.